The van der Waals surface area contributed by atoms with Gasteiger partial charge in [-0.25, -0.2) is 0 Å². The van der Waals surface area contributed by atoms with E-state index in [4.69, 9.17) is 4.55 Å². The van der Waals surface area contributed by atoms with Crippen LogP contribution in [-0.4, -0.2) is 31.8 Å². The first-order valence-corrected chi connectivity index (χ1v) is 8.30. The van der Waals surface area contributed by atoms with Crippen molar-refractivity contribution in [2.24, 2.45) is 0 Å². The number of benzene rings is 2. The van der Waals surface area contributed by atoms with Crippen molar-refractivity contribution >= 4 is 26.6 Å². The fourth-order valence-corrected chi connectivity index (χ4v) is 2.86. The highest BCUT2D eigenvalue weighted by molar-refractivity contribution is 7.85. The van der Waals surface area contributed by atoms with Crippen LogP contribution in [0.5, 0.6) is 0 Å². The summed E-state index contributed by atoms with van der Waals surface area (Å²) in [7, 11) is -3.88. The molecule has 20 heavy (non-hydrogen) atoms. The number of anilines is 1. The van der Waals surface area contributed by atoms with Crippen LogP contribution < -0.4 is 4.90 Å². The maximum Gasteiger partial charge on any atom is 0.264 e. The minimum atomic E-state index is -3.88. The molecule has 0 radical (unpaired) electrons. The quantitative estimate of drug-likeness (QED) is 0.832. The molecule has 0 saturated carbocycles. The third kappa shape index (κ3) is 3.71. The number of fused-ring (bicyclic) bond motifs is 1. The van der Waals surface area contributed by atoms with Gasteiger partial charge >= 0.3 is 0 Å². The molecule has 0 aliphatic rings. The van der Waals surface area contributed by atoms with Crippen molar-refractivity contribution in [1.29, 1.82) is 0 Å². The maximum absolute atomic E-state index is 10.8. The highest BCUT2D eigenvalue weighted by Crippen LogP contribution is 2.26. The zero-order valence-electron chi connectivity index (χ0n) is 11.5. The van der Waals surface area contributed by atoms with Gasteiger partial charge in [0.15, 0.2) is 0 Å². The third-order valence-corrected chi connectivity index (χ3v) is 4.12. The van der Waals surface area contributed by atoms with Crippen LogP contribution in [0.1, 0.15) is 13.3 Å². The summed E-state index contributed by atoms with van der Waals surface area (Å²) in [5, 5.41) is 2.32. The van der Waals surface area contributed by atoms with E-state index in [-0.39, 0.29) is 5.75 Å². The van der Waals surface area contributed by atoms with Crippen molar-refractivity contribution in [1.82, 2.24) is 0 Å². The zero-order chi connectivity index (χ0) is 14.6. The molecule has 0 spiro atoms. The Morgan fingerprint density at radius 1 is 1.10 bits per heavy atom. The highest BCUT2D eigenvalue weighted by atomic mass is 32.2. The SMILES string of the molecule is CCN(CCCS(=O)(=O)O)c1cccc2ccccc12. The van der Waals surface area contributed by atoms with E-state index in [0.29, 0.717) is 13.0 Å². The Hall–Kier alpha value is -1.59. The fraction of sp³-hybridized carbons (Fsp3) is 0.333. The Bertz CT molecular complexity index is 677. The van der Waals surface area contributed by atoms with Crippen molar-refractivity contribution in [3.8, 4) is 0 Å². The third-order valence-electron chi connectivity index (χ3n) is 3.32. The molecule has 0 unspecified atom stereocenters. The van der Waals surface area contributed by atoms with Gasteiger partial charge in [-0.1, -0.05) is 36.4 Å². The predicted molar refractivity (Wildman–Crippen MR) is 82.9 cm³/mol. The molecule has 2 rings (SSSR count). The fourth-order valence-electron chi connectivity index (χ4n) is 2.37. The first kappa shape index (κ1) is 14.8. The minimum absolute atomic E-state index is 0.200. The first-order valence-electron chi connectivity index (χ1n) is 6.69. The molecule has 4 nitrogen and oxygen atoms in total. The van der Waals surface area contributed by atoms with Crippen LogP contribution in [0.4, 0.5) is 5.69 Å². The van der Waals surface area contributed by atoms with Crippen molar-refractivity contribution in [2.45, 2.75) is 13.3 Å². The van der Waals surface area contributed by atoms with Crippen molar-refractivity contribution in [2.75, 3.05) is 23.7 Å². The van der Waals surface area contributed by atoms with Crippen LogP contribution >= 0.6 is 0 Å². The summed E-state index contributed by atoms with van der Waals surface area (Å²) in [6.07, 6.45) is 0.413. The Morgan fingerprint density at radius 3 is 2.50 bits per heavy atom. The number of hydrogen-bond donors (Lipinski definition) is 1. The average molecular weight is 293 g/mol. The first-order chi connectivity index (χ1) is 9.51. The van der Waals surface area contributed by atoms with Gasteiger partial charge in [0.2, 0.25) is 0 Å². The van der Waals surface area contributed by atoms with E-state index in [1.165, 1.54) is 5.39 Å². The normalized spacial score (nSPS) is 11.7. The molecule has 0 atom stereocenters. The lowest BCUT2D eigenvalue weighted by Crippen LogP contribution is -2.25. The number of rotatable bonds is 6. The van der Waals surface area contributed by atoms with Gasteiger partial charge in [0.25, 0.3) is 10.1 Å². The largest absolute Gasteiger partial charge is 0.371 e. The smallest absolute Gasteiger partial charge is 0.264 e. The monoisotopic (exact) mass is 293 g/mol. The summed E-state index contributed by atoms with van der Waals surface area (Å²) in [6.45, 7) is 3.43. The van der Waals surface area contributed by atoms with E-state index < -0.39 is 10.1 Å². The lowest BCUT2D eigenvalue weighted by molar-refractivity contribution is 0.481. The lowest BCUT2D eigenvalue weighted by atomic mass is 10.1. The summed E-state index contributed by atoms with van der Waals surface area (Å²) in [5.41, 5.74) is 1.10. The topological polar surface area (TPSA) is 57.6 Å². The zero-order valence-corrected chi connectivity index (χ0v) is 12.3. The van der Waals surface area contributed by atoms with Gasteiger partial charge in [0.1, 0.15) is 0 Å². The lowest BCUT2D eigenvalue weighted by Gasteiger charge is -2.24. The summed E-state index contributed by atoms with van der Waals surface area (Å²) in [6, 6.07) is 14.2. The van der Waals surface area contributed by atoms with E-state index in [9.17, 15) is 8.42 Å². The van der Waals surface area contributed by atoms with E-state index >= 15 is 0 Å². The average Bonchev–Trinajstić information content (AvgIpc) is 2.42. The molecule has 0 aromatic heterocycles. The second-order valence-corrected chi connectivity index (χ2v) is 6.29. The van der Waals surface area contributed by atoms with E-state index in [1.807, 2.05) is 31.2 Å². The van der Waals surface area contributed by atoms with Crippen molar-refractivity contribution in [3.63, 3.8) is 0 Å². The van der Waals surface area contributed by atoms with E-state index in [0.717, 1.165) is 17.6 Å². The Balaban J connectivity index is 2.21. The second-order valence-electron chi connectivity index (χ2n) is 4.72. The van der Waals surface area contributed by atoms with Crippen molar-refractivity contribution < 1.29 is 13.0 Å². The summed E-state index contributed by atoms with van der Waals surface area (Å²) < 4.78 is 30.4. The molecule has 5 heteroatoms. The van der Waals surface area contributed by atoms with Gasteiger partial charge in [0, 0.05) is 24.2 Å². The molecular formula is C15H19NO3S. The van der Waals surface area contributed by atoms with Gasteiger partial charge < -0.3 is 4.90 Å². The molecule has 0 heterocycles. The molecule has 2 aromatic carbocycles. The Labute approximate surface area is 119 Å². The van der Waals surface area contributed by atoms with Crippen LogP contribution in [0.3, 0.4) is 0 Å². The van der Waals surface area contributed by atoms with Gasteiger partial charge in [-0.2, -0.15) is 8.42 Å². The Kier molecular flexibility index (Phi) is 4.62. The van der Waals surface area contributed by atoms with Crippen LogP contribution in [0.25, 0.3) is 10.8 Å². The molecule has 0 aliphatic carbocycles. The minimum Gasteiger partial charge on any atom is -0.371 e. The molecule has 108 valence electrons. The molecule has 0 amide bonds. The van der Waals surface area contributed by atoms with Crippen LogP contribution in [0, 0.1) is 0 Å². The highest BCUT2D eigenvalue weighted by Gasteiger charge is 2.10. The predicted octanol–water partition coefficient (Wildman–Crippen LogP) is 2.94. The van der Waals surface area contributed by atoms with Crippen molar-refractivity contribution in [3.05, 3.63) is 42.5 Å². The molecular weight excluding hydrogens is 274 g/mol. The standard InChI is InChI=1S/C15H19NO3S/c1-2-16(11-6-12-20(17,18)19)15-10-5-8-13-7-3-4-9-14(13)15/h3-5,7-10H,2,6,11-12H2,1H3,(H,17,18,19). The second kappa shape index (κ2) is 6.24. The number of nitrogens with zero attached hydrogens (tertiary/aromatic N) is 1. The van der Waals surface area contributed by atoms with Crippen LogP contribution in [0.2, 0.25) is 0 Å². The van der Waals surface area contributed by atoms with Gasteiger partial charge in [-0.15, -0.1) is 0 Å². The maximum atomic E-state index is 10.8. The van der Waals surface area contributed by atoms with Gasteiger partial charge in [-0.05, 0) is 24.8 Å². The summed E-state index contributed by atoms with van der Waals surface area (Å²) >= 11 is 0. The molecule has 1 N–H and O–H groups in total. The van der Waals surface area contributed by atoms with Gasteiger partial charge in [-0.3, -0.25) is 4.55 Å². The molecule has 0 saturated heterocycles. The molecule has 0 bridgehead atoms. The van der Waals surface area contributed by atoms with Gasteiger partial charge in [0.05, 0.1) is 5.75 Å². The molecule has 0 fully saturated rings. The summed E-state index contributed by atoms with van der Waals surface area (Å²) in [4.78, 5) is 2.13. The van der Waals surface area contributed by atoms with Crippen LogP contribution in [-0.2, 0) is 10.1 Å². The number of hydrogen-bond acceptors (Lipinski definition) is 3. The molecule has 2 aromatic rings. The van der Waals surface area contributed by atoms with E-state index in [1.54, 1.807) is 0 Å². The Morgan fingerprint density at radius 2 is 1.80 bits per heavy atom. The summed E-state index contributed by atoms with van der Waals surface area (Å²) in [5.74, 6) is -0.200. The van der Waals surface area contributed by atoms with Crippen LogP contribution in [0.15, 0.2) is 42.5 Å². The molecule has 0 aliphatic heterocycles. The van der Waals surface area contributed by atoms with E-state index in [2.05, 4.69) is 23.1 Å².